The molecule has 0 aliphatic heterocycles. The molecule has 0 radical (unpaired) electrons. The molecule has 1 aliphatic rings. The van der Waals surface area contributed by atoms with Gasteiger partial charge in [0.1, 0.15) is 0 Å². The van der Waals surface area contributed by atoms with E-state index in [1.807, 2.05) is 31.2 Å². The van der Waals surface area contributed by atoms with E-state index in [-0.39, 0.29) is 17.7 Å². The zero-order chi connectivity index (χ0) is 20.2. The number of carbonyl (C=O) groups is 1. The number of thioether (sulfide) groups is 1. The van der Waals surface area contributed by atoms with Crippen LogP contribution in [-0.2, 0) is 17.6 Å². The number of nitrogens with one attached hydrogen (secondary N) is 1. The highest BCUT2D eigenvalue weighted by Gasteiger charge is 2.16. The molecule has 0 saturated carbocycles. The summed E-state index contributed by atoms with van der Waals surface area (Å²) in [5.41, 5.74) is 4.87. The molecule has 0 bridgehead atoms. The first kappa shape index (κ1) is 20.2. The summed E-state index contributed by atoms with van der Waals surface area (Å²) in [5.74, 6) is 0.620. The largest absolute Gasteiger partial charge is 0.411 e. The number of halogens is 1. The van der Waals surface area contributed by atoms with Crippen molar-refractivity contribution in [2.75, 3.05) is 5.75 Å². The molecule has 5 nitrogen and oxygen atoms in total. The minimum atomic E-state index is -0.0533. The zero-order valence-corrected chi connectivity index (χ0v) is 18.6. The third-order valence-electron chi connectivity index (χ3n) is 5.05. The van der Waals surface area contributed by atoms with E-state index in [4.69, 9.17) is 4.42 Å². The lowest BCUT2D eigenvalue weighted by Crippen LogP contribution is -2.28. The third-order valence-corrected chi connectivity index (χ3v) is 6.37. The normalized spacial score (nSPS) is 14.3. The van der Waals surface area contributed by atoms with Crippen molar-refractivity contribution >= 4 is 33.6 Å². The lowest BCUT2D eigenvalue weighted by Gasteiger charge is -2.20. The summed E-state index contributed by atoms with van der Waals surface area (Å²) in [6, 6.07) is 14.2. The maximum Gasteiger partial charge on any atom is 0.277 e. The number of nitrogens with zero attached hydrogens (tertiary/aromatic N) is 2. The predicted octanol–water partition coefficient (Wildman–Crippen LogP) is 5.35. The highest BCUT2D eigenvalue weighted by Crippen LogP contribution is 2.26. The monoisotopic (exact) mass is 471 g/mol. The Kier molecular flexibility index (Phi) is 6.35. The van der Waals surface area contributed by atoms with Crippen molar-refractivity contribution < 1.29 is 9.21 Å². The van der Waals surface area contributed by atoms with Gasteiger partial charge in [-0.3, -0.25) is 4.79 Å². The maximum atomic E-state index is 12.4. The molecule has 2 aromatic carbocycles. The molecule has 1 atom stereocenters. The molecule has 1 unspecified atom stereocenters. The van der Waals surface area contributed by atoms with Gasteiger partial charge in [-0.05, 0) is 67.5 Å². The molecule has 0 saturated heterocycles. The molecule has 0 spiro atoms. The number of aryl methyl sites for hydroxylation is 2. The minimum Gasteiger partial charge on any atom is -0.411 e. The van der Waals surface area contributed by atoms with E-state index in [0.29, 0.717) is 11.1 Å². The Morgan fingerprint density at radius 1 is 1.17 bits per heavy atom. The fraction of sp³-hybridized carbons (Fsp3) is 0.318. The predicted molar refractivity (Wildman–Crippen MR) is 118 cm³/mol. The van der Waals surface area contributed by atoms with Crippen LogP contribution in [-0.4, -0.2) is 21.9 Å². The van der Waals surface area contributed by atoms with Crippen LogP contribution in [0.4, 0.5) is 0 Å². The van der Waals surface area contributed by atoms with E-state index in [0.717, 1.165) is 22.0 Å². The summed E-state index contributed by atoms with van der Waals surface area (Å²) in [4.78, 5) is 12.4. The number of hydrogen-bond donors (Lipinski definition) is 1. The molecule has 1 amide bonds. The van der Waals surface area contributed by atoms with E-state index in [1.165, 1.54) is 42.2 Å². The van der Waals surface area contributed by atoms with Gasteiger partial charge < -0.3 is 9.73 Å². The maximum absolute atomic E-state index is 12.4. The summed E-state index contributed by atoms with van der Waals surface area (Å²) in [6.45, 7) is 2.02. The van der Waals surface area contributed by atoms with E-state index < -0.39 is 0 Å². The fourth-order valence-corrected chi connectivity index (χ4v) is 4.50. The first-order valence-electron chi connectivity index (χ1n) is 9.72. The molecular formula is C22H22BrN3O2S. The number of hydrogen-bond acceptors (Lipinski definition) is 5. The smallest absolute Gasteiger partial charge is 0.277 e. The van der Waals surface area contributed by atoms with Crippen molar-refractivity contribution in [2.24, 2.45) is 0 Å². The Labute approximate surface area is 182 Å². The third kappa shape index (κ3) is 5.08. The number of amides is 1. The minimum absolute atomic E-state index is 0.0322. The standard InChI is InChI=1S/C22H22BrN3O2S/c1-14(16-10-9-15-5-2-3-6-17(15)11-16)24-20(27)13-29-22-26-25-21(28-22)18-7-4-8-19(23)12-18/h4,7-12,14H,2-3,5-6,13H2,1H3,(H,24,27). The number of fused-ring (bicyclic) bond motifs is 1. The van der Waals surface area contributed by atoms with Gasteiger partial charge in [-0.15, -0.1) is 10.2 Å². The molecule has 29 heavy (non-hydrogen) atoms. The van der Waals surface area contributed by atoms with Crippen LogP contribution in [0.5, 0.6) is 0 Å². The number of aromatic nitrogens is 2. The molecule has 3 aromatic rings. The van der Waals surface area contributed by atoms with Crippen LogP contribution in [0.25, 0.3) is 11.5 Å². The second kappa shape index (κ2) is 9.13. The van der Waals surface area contributed by atoms with Crippen molar-refractivity contribution in [3.8, 4) is 11.5 Å². The Morgan fingerprint density at radius 3 is 2.83 bits per heavy atom. The van der Waals surface area contributed by atoms with Gasteiger partial charge in [-0.2, -0.15) is 0 Å². The van der Waals surface area contributed by atoms with E-state index in [2.05, 4.69) is 49.6 Å². The number of rotatable bonds is 6. The molecule has 0 fully saturated rings. The average Bonchev–Trinajstić information content (AvgIpc) is 3.21. The molecular weight excluding hydrogens is 450 g/mol. The Hall–Kier alpha value is -2.12. The van der Waals surface area contributed by atoms with E-state index >= 15 is 0 Å². The van der Waals surface area contributed by atoms with Crippen LogP contribution in [0.3, 0.4) is 0 Å². The fourth-order valence-electron chi connectivity index (χ4n) is 3.52. The van der Waals surface area contributed by atoms with Gasteiger partial charge in [0.25, 0.3) is 5.22 Å². The van der Waals surface area contributed by atoms with Gasteiger partial charge >= 0.3 is 0 Å². The highest BCUT2D eigenvalue weighted by atomic mass is 79.9. The summed E-state index contributed by atoms with van der Waals surface area (Å²) in [5, 5.41) is 11.5. The number of benzene rings is 2. The average molecular weight is 472 g/mol. The van der Waals surface area contributed by atoms with Crippen molar-refractivity contribution in [3.63, 3.8) is 0 Å². The molecule has 4 rings (SSSR count). The van der Waals surface area contributed by atoms with Gasteiger partial charge in [-0.25, -0.2) is 0 Å². The summed E-state index contributed by atoms with van der Waals surface area (Å²) in [7, 11) is 0. The van der Waals surface area contributed by atoms with Crippen LogP contribution >= 0.6 is 27.7 Å². The van der Waals surface area contributed by atoms with Gasteiger partial charge in [0, 0.05) is 10.0 Å². The highest BCUT2D eigenvalue weighted by molar-refractivity contribution is 9.10. The van der Waals surface area contributed by atoms with Gasteiger partial charge in [0.2, 0.25) is 11.8 Å². The molecule has 1 aromatic heterocycles. The summed E-state index contributed by atoms with van der Waals surface area (Å²) >= 11 is 4.67. The van der Waals surface area contributed by atoms with E-state index in [9.17, 15) is 4.79 Å². The lowest BCUT2D eigenvalue weighted by molar-refractivity contribution is -0.119. The van der Waals surface area contributed by atoms with Crippen molar-refractivity contribution in [3.05, 3.63) is 63.6 Å². The molecule has 1 heterocycles. The molecule has 1 aliphatic carbocycles. The van der Waals surface area contributed by atoms with Crippen molar-refractivity contribution in [1.29, 1.82) is 0 Å². The van der Waals surface area contributed by atoms with Gasteiger partial charge in [-0.1, -0.05) is 52.0 Å². The Balaban J connectivity index is 1.32. The van der Waals surface area contributed by atoms with Gasteiger partial charge in [0.05, 0.1) is 11.8 Å². The second-order valence-electron chi connectivity index (χ2n) is 7.20. The summed E-state index contributed by atoms with van der Waals surface area (Å²) < 4.78 is 6.61. The van der Waals surface area contributed by atoms with E-state index in [1.54, 1.807) is 0 Å². The molecule has 1 N–H and O–H groups in total. The van der Waals surface area contributed by atoms with Crippen LogP contribution in [0.1, 0.15) is 42.5 Å². The molecule has 150 valence electrons. The number of carbonyl (C=O) groups excluding carboxylic acids is 1. The van der Waals surface area contributed by atoms with Crippen molar-refractivity contribution in [1.82, 2.24) is 15.5 Å². The Morgan fingerprint density at radius 2 is 2.00 bits per heavy atom. The van der Waals surface area contributed by atoms with Crippen LogP contribution in [0.15, 0.2) is 56.6 Å². The summed E-state index contributed by atoms with van der Waals surface area (Å²) in [6.07, 6.45) is 4.82. The lowest BCUT2D eigenvalue weighted by atomic mass is 9.89. The van der Waals surface area contributed by atoms with Crippen LogP contribution in [0.2, 0.25) is 0 Å². The topological polar surface area (TPSA) is 68.0 Å². The first-order chi connectivity index (χ1) is 14.1. The Bertz CT molecular complexity index is 1020. The molecule has 7 heteroatoms. The zero-order valence-electron chi connectivity index (χ0n) is 16.2. The first-order valence-corrected chi connectivity index (χ1v) is 11.5. The van der Waals surface area contributed by atoms with Crippen LogP contribution in [0, 0.1) is 0 Å². The quantitative estimate of drug-likeness (QED) is 0.490. The van der Waals surface area contributed by atoms with Crippen LogP contribution < -0.4 is 5.32 Å². The van der Waals surface area contributed by atoms with Gasteiger partial charge in [0.15, 0.2) is 0 Å². The SMILES string of the molecule is CC(NC(=O)CSc1nnc(-c2cccc(Br)c2)o1)c1ccc2c(c1)CCCC2. The van der Waals surface area contributed by atoms with Crippen molar-refractivity contribution in [2.45, 2.75) is 43.9 Å². The second-order valence-corrected chi connectivity index (χ2v) is 9.04.